The molecule has 1 amide bonds. The maximum Gasteiger partial charge on any atom is 0.341 e. The molecule has 1 heterocycles. The highest BCUT2D eigenvalue weighted by atomic mass is 32.1. The summed E-state index contributed by atoms with van der Waals surface area (Å²) in [7, 11) is 0. The van der Waals surface area contributed by atoms with E-state index in [1.807, 2.05) is 0 Å². The molecule has 2 N–H and O–H groups in total. The van der Waals surface area contributed by atoms with E-state index >= 15 is 0 Å². The number of esters is 2. The molecule has 0 radical (unpaired) electrons. The van der Waals surface area contributed by atoms with Crippen molar-refractivity contribution in [1.29, 1.82) is 0 Å². The highest BCUT2D eigenvalue weighted by Gasteiger charge is 2.29. The molecule has 1 aromatic carbocycles. The molecule has 0 spiro atoms. The van der Waals surface area contributed by atoms with Crippen LogP contribution in [0.2, 0.25) is 0 Å². The van der Waals surface area contributed by atoms with Gasteiger partial charge in [-0.05, 0) is 61.9 Å². The normalized spacial score (nSPS) is 15.3. The Hall–Kier alpha value is -2.87. The molecule has 154 valence electrons. The number of fused-ring (bicyclic) bond motifs is 1. The van der Waals surface area contributed by atoms with Crippen LogP contribution in [-0.2, 0) is 27.1 Å². The van der Waals surface area contributed by atoms with Gasteiger partial charge in [0.15, 0.2) is 6.61 Å². The monoisotopic (exact) mass is 417 g/mol. The average molecular weight is 417 g/mol. The molecule has 1 aliphatic rings. The van der Waals surface area contributed by atoms with Gasteiger partial charge in [0.25, 0.3) is 5.91 Å². The number of hydrogen-bond acceptors (Lipinski definition) is 7. The molecule has 29 heavy (non-hydrogen) atoms. The number of carbonyl (C=O) groups is 3. The Labute approximate surface area is 172 Å². The van der Waals surface area contributed by atoms with Crippen LogP contribution in [0, 0.1) is 5.92 Å². The molecule has 0 aliphatic heterocycles. The summed E-state index contributed by atoms with van der Waals surface area (Å²) in [5.74, 6) is -1.11. The third-order valence-corrected chi connectivity index (χ3v) is 5.85. The number of phenolic OH excluding ortho intramolecular Hbond substituents is 1. The second-order valence-corrected chi connectivity index (χ2v) is 8.05. The molecule has 0 bridgehead atoms. The summed E-state index contributed by atoms with van der Waals surface area (Å²) in [4.78, 5) is 37.9. The smallest absolute Gasteiger partial charge is 0.341 e. The largest absolute Gasteiger partial charge is 0.508 e. The fourth-order valence-electron chi connectivity index (χ4n) is 3.23. The van der Waals surface area contributed by atoms with E-state index < -0.39 is 24.5 Å². The van der Waals surface area contributed by atoms with Gasteiger partial charge in [-0.15, -0.1) is 11.3 Å². The number of thiophene rings is 1. The molecule has 0 fully saturated rings. The highest BCUT2D eigenvalue weighted by molar-refractivity contribution is 7.17. The van der Waals surface area contributed by atoms with Crippen molar-refractivity contribution in [1.82, 2.24) is 0 Å². The van der Waals surface area contributed by atoms with E-state index in [4.69, 9.17) is 9.47 Å². The topological polar surface area (TPSA) is 102 Å². The minimum absolute atomic E-state index is 0.0294. The van der Waals surface area contributed by atoms with Gasteiger partial charge in [0.05, 0.1) is 17.7 Å². The summed E-state index contributed by atoms with van der Waals surface area (Å²) in [6.07, 6.45) is 2.61. The zero-order valence-corrected chi connectivity index (χ0v) is 17.1. The number of nitrogens with one attached hydrogen (secondary N) is 1. The molecule has 2 aromatic rings. The van der Waals surface area contributed by atoms with E-state index in [2.05, 4.69) is 12.2 Å². The van der Waals surface area contributed by atoms with Gasteiger partial charge < -0.3 is 19.9 Å². The van der Waals surface area contributed by atoms with Crippen molar-refractivity contribution in [2.75, 3.05) is 18.5 Å². The number of rotatable bonds is 6. The molecular formula is C21H23NO6S. The minimum Gasteiger partial charge on any atom is -0.508 e. The first kappa shape index (κ1) is 20.9. The lowest BCUT2D eigenvalue weighted by molar-refractivity contribution is -0.119. The van der Waals surface area contributed by atoms with E-state index in [0.29, 0.717) is 16.5 Å². The maximum absolute atomic E-state index is 12.5. The second-order valence-electron chi connectivity index (χ2n) is 6.95. The molecule has 3 rings (SSSR count). The zero-order valence-electron chi connectivity index (χ0n) is 16.3. The summed E-state index contributed by atoms with van der Waals surface area (Å²) >= 11 is 1.38. The fourth-order valence-corrected chi connectivity index (χ4v) is 4.65. The molecule has 0 saturated carbocycles. The lowest BCUT2D eigenvalue weighted by Crippen LogP contribution is -2.22. The van der Waals surface area contributed by atoms with Crippen LogP contribution in [0.3, 0.4) is 0 Å². The van der Waals surface area contributed by atoms with E-state index in [1.165, 1.54) is 35.6 Å². The van der Waals surface area contributed by atoms with Crippen LogP contribution >= 0.6 is 11.3 Å². The Morgan fingerprint density at radius 3 is 2.59 bits per heavy atom. The predicted molar refractivity (Wildman–Crippen MR) is 108 cm³/mol. The van der Waals surface area contributed by atoms with Gasteiger partial charge >= 0.3 is 11.9 Å². The van der Waals surface area contributed by atoms with E-state index in [9.17, 15) is 19.5 Å². The van der Waals surface area contributed by atoms with Crippen molar-refractivity contribution in [3.63, 3.8) is 0 Å². The van der Waals surface area contributed by atoms with E-state index in [-0.39, 0.29) is 17.9 Å². The van der Waals surface area contributed by atoms with E-state index in [0.717, 1.165) is 29.7 Å². The predicted octanol–water partition coefficient (Wildman–Crippen LogP) is 3.55. The first-order valence-electron chi connectivity index (χ1n) is 9.46. The van der Waals surface area contributed by atoms with Crippen LogP contribution in [0.4, 0.5) is 5.00 Å². The fraction of sp³-hybridized carbons (Fsp3) is 0.381. The minimum atomic E-state index is -0.676. The summed E-state index contributed by atoms with van der Waals surface area (Å²) in [5.41, 5.74) is 1.59. The van der Waals surface area contributed by atoms with Gasteiger partial charge in [-0.25, -0.2) is 9.59 Å². The molecular weight excluding hydrogens is 394 g/mol. The van der Waals surface area contributed by atoms with Gasteiger partial charge in [0.1, 0.15) is 10.8 Å². The van der Waals surface area contributed by atoms with E-state index in [1.54, 1.807) is 6.92 Å². The van der Waals surface area contributed by atoms with Crippen LogP contribution in [0.1, 0.15) is 51.4 Å². The first-order chi connectivity index (χ1) is 13.9. The Morgan fingerprint density at radius 1 is 1.17 bits per heavy atom. The molecule has 1 aromatic heterocycles. The van der Waals surface area contributed by atoms with Crippen LogP contribution in [-0.4, -0.2) is 36.2 Å². The maximum atomic E-state index is 12.5. The number of phenols is 1. The van der Waals surface area contributed by atoms with Crippen molar-refractivity contribution in [2.45, 2.75) is 33.1 Å². The second kappa shape index (κ2) is 9.09. The first-order valence-corrected chi connectivity index (χ1v) is 10.3. The molecule has 0 saturated heterocycles. The van der Waals surface area contributed by atoms with Crippen molar-refractivity contribution in [3.8, 4) is 5.75 Å². The number of hydrogen-bond donors (Lipinski definition) is 2. The quantitative estimate of drug-likeness (QED) is 0.697. The molecule has 8 heteroatoms. The Balaban J connectivity index is 1.70. The van der Waals surface area contributed by atoms with Gasteiger partial charge in [-0.2, -0.15) is 0 Å². The SMILES string of the molecule is CCOC(=O)c1c(NC(=O)COC(=O)c2ccc(O)cc2)sc2c1CCC(C)C2. The lowest BCUT2D eigenvalue weighted by Gasteiger charge is -2.18. The van der Waals surface area contributed by atoms with Crippen molar-refractivity contribution < 1.29 is 29.0 Å². The molecule has 1 aliphatic carbocycles. The lowest BCUT2D eigenvalue weighted by atomic mass is 9.88. The number of carbonyl (C=O) groups excluding carboxylic acids is 3. The number of anilines is 1. The number of ether oxygens (including phenoxy) is 2. The third-order valence-electron chi connectivity index (χ3n) is 4.68. The van der Waals surface area contributed by atoms with Crippen molar-refractivity contribution in [2.24, 2.45) is 5.92 Å². The van der Waals surface area contributed by atoms with Crippen LogP contribution < -0.4 is 5.32 Å². The van der Waals surface area contributed by atoms with Crippen molar-refractivity contribution in [3.05, 3.63) is 45.8 Å². The van der Waals surface area contributed by atoms with Gasteiger partial charge in [-0.1, -0.05) is 6.92 Å². The number of amides is 1. The zero-order chi connectivity index (χ0) is 21.0. The Bertz CT molecular complexity index is 918. The van der Waals surface area contributed by atoms with Crippen molar-refractivity contribution >= 4 is 34.2 Å². The molecule has 1 unspecified atom stereocenters. The summed E-state index contributed by atoms with van der Waals surface area (Å²) in [6, 6.07) is 5.53. The Morgan fingerprint density at radius 2 is 1.90 bits per heavy atom. The van der Waals surface area contributed by atoms with Crippen LogP contribution in [0.5, 0.6) is 5.75 Å². The number of aromatic hydroxyl groups is 1. The van der Waals surface area contributed by atoms with Crippen LogP contribution in [0.25, 0.3) is 0 Å². The van der Waals surface area contributed by atoms with Crippen LogP contribution in [0.15, 0.2) is 24.3 Å². The molecule has 7 nitrogen and oxygen atoms in total. The molecule has 1 atom stereocenters. The van der Waals surface area contributed by atoms with Gasteiger partial charge in [0.2, 0.25) is 0 Å². The Kier molecular flexibility index (Phi) is 6.53. The summed E-state index contributed by atoms with van der Waals surface area (Å²) in [5, 5.41) is 12.4. The summed E-state index contributed by atoms with van der Waals surface area (Å²) < 4.78 is 10.2. The summed E-state index contributed by atoms with van der Waals surface area (Å²) in [6.45, 7) is 3.66. The average Bonchev–Trinajstić information content (AvgIpc) is 3.03. The van der Waals surface area contributed by atoms with Gasteiger partial charge in [0, 0.05) is 4.88 Å². The van der Waals surface area contributed by atoms with Gasteiger partial charge in [-0.3, -0.25) is 4.79 Å². The highest BCUT2D eigenvalue weighted by Crippen LogP contribution is 2.40. The number of benzene rings is 1. The standard InChI is InChI=1S/C21H23NO6S/c1-3-27-21(26)18-15-9-4-12(2)10-16(15)29-19(18)22-17(24)11-28-20(25)13-5-7-14(23)8-6-13/h5-8,12,23H,3-4,9-11H2,1-2H3,(H,22,24). The third kappa shape index (κ3) is 4.95.